The number of nitrogens with one attached hydrogen (secondary N) is 1. The van der Waals surface area contributed by atoms with Gasteiger partial charge in [-0.15, -0.1) is 0 Å². The highest BCUT2D eigenvalue weighted by Gasteiger charge is 2.07. The monoisotopic (exact) mass is 254 g/mol. The third-order valence-electron chi connectivity index (χ3n) is 2.70. The second-order valence-corrected chi connectivity index (χ2v) is 5.19. The fraction of sp³-hybridized carbons (Fsp3) is 0.714. The lowest BCUT2D eigenvalue weighted by Crippen LogP contribution is -2.21. The Bertz CT molecular complexity index is 346. The molecular formula is C14H26N2O2. The summed E-state index contributed by atoms with van der Waals surface area (Å²) in [6.07, 6.45) is 0. The number of hydrogen-bond donors (Lipinski definition) is 1. The van der Waals surface area contributed by atoms with E-state index in [9.17, 15) is 0 Å². The van der Waals surface area contributed by atoms with Crippen molar-refractivity contribution >= 4 is 0 Å². The summed E-state index contributed by atoms with van der Waals surface area (Å²) in [6.45, 7) is 9.34. The lowest BCUT2D eigenvalue weighted by Gasteiger charge is -2.08. The Labute approximate surface area is 110 Å². The van der Waals surface area contributed by atoms with Crippen molar-refractivity contribution in [1.82, 2.24) is 10.2 Å². The summed E-state index contributed by atoms with van der Waals surface area (Å²) in [7, 11) is 4.08. The van der Waals surface area contributed by atoms with Crippen LogP contribution in [-0.2, 0) is 17.9 Å². The quantitative estimate of drug-likeness (QED) is 0.721. The Kier molecular flexibility index (Phi) is 6.39. The first-order chi connectivity index (χ1) is 8.49. The van der Waals surface area contributed by atoms with E-state index in [1.54, 1.807) is 0 Å². The van der Waals surface area contributed by atoms with Crippen molar-refractivity contribution in [2.24, 2.45) is 0 Å². The molecule has 104 valence electrons. The van der Waals surface area contributed by atoms with E-state index in [4.69, 9.17) is 9.15 Å². The smallest absolute Gasteiger partial charge is 0.130 e. The number of likely N-dealkylation sites (N-methyl/N-ethyl adjacent to an activating group) is 1. The van der Waals surface area contributed by atoms with Crippen LogP contribution in [0.2, 0.25) is 0 Å². The zero-order valence-electron chi connectivity index (χ0n) is 12.2. The van der Waals surface area contributed by atoms with E-state index < -0.39 is 0 Å². The topological polar surface area (TPSA) is 37.6 Å². The van der Waals surface area contributed by atoms with E-state index in [0.717, 1.165) is 31.2 Å². The summed E-state index contributed by atoms with van der Waals surface area (Å²) >= 11 is 0. The largest absolute Gasteiger partial charge is 0.464 e. The highest BCUT2D eigenvalue weighted by molar-refractivity contribution is 5.20. The second-order valence-electron chi connectivity index (χ2n) is 5.19. The lowest BCUT2D eigenvalue weighted by atomic mass is 10.2. The molecule has 1 N–H and O–H groups in total. The average molecular weight is 254 g/mol. The van der Waals surface area contributed by atoms with Gasteiger partial charge in [-0.25, -0.2) is 0 Å². The van der Waals surface area contributed by atoms with Gasteiger partial charge in [0.25, 0.3) is 0 Å². The molecule has 0 aromatic carbocycles. The molecular weight excluding hydrogens is 228 g/mol. The van der Waals surface area contributed by atoms with Crippen LogP contribution in [0.3, 0.4) is 0 Å². The minimum atomic E-state index is 0.485. The van der Waals surface area contributed by atoms with Crippen molar-refractivity contribution < 1.29 is 9.15 Å². The molecule has 0 fully saturated rings. The van der Waals surface area contributed by atoms with Crippen molar-refractivity contribution in [2.45, 2.75) is 40.0 Å². The van der Waals surface area contributed by atoms with Gasteiger partial charge in [0.15, 0.2) is 0 Å². The fourth-order valence-corrected chi connectivity index (χ4v) is 1.57. The van der Waals surface area contributed by atoms with Crippen molar-refractivity contribution in [2.75, 3.05) is 27.2 Å². The Balaban J connectivity index is 2.36. The zero-order chi connectivity index (χ0) is 13.5. The minimum absolute atomic E-state index is 0.485. The molecule has 0 aliphatic heterocycles. The van der Waals surface area contributed by atoms with Crippen LogP contribution in [0.15, 0.2) is 10.5 Å². The number of furan rings is 1. The molecule has 0 unspecified atom stereocenters. The molecule has 4 heteroatoms. The average Bonchev–Trinajstić information content (AvgIpc) is 2.62. The Morgan fingerprint density at radius 2 is 2.11 bits per heavy atom. The first-order valence-corrected chi connectivity index (χ1v) is 6.53. The highest BCUT2D eigenvalue weighted by Crippen LogP contribution is 2.15. The number of aryl methyl sites for hydroxylation is 1. The van der Waals surface area contributed by atoms with Crippen LogP contribution < -0.4 is 5.32 Å². The van der Waals surface area contributed by atoms with E-state index in [-0.39, 0.29) is 0 Å². The Morgan fingerprint density at radius 1 is 1.39 bits per heavy atom. The van der Waals surface area contributed by atoms with Crippen molar-refractivity contribution in [1.29, 1.82) is 0 Å². The van der Waals surface area contributed by atoms with E-state index >= 15 is 0 Å². The van der Waals surface area contributed by atoms with Gasteiger partial charge in [-0.2, -0.15) is 0 Å². The molecule has 0 aliphatic carbocycles. The second kappa shape index (κ2) is 7.56. The third kappa shape index (κ3) is 5.67. The van der Waals surface area contributed by atoms with E-state index in [1.165, 1.54) is 5.56 Å². The van der Waals surface area contributed by atoms with Gasteiger partial charge in [-0.1, -0.05) is 13.8 Å². The molecule has 1 aromatic rings. The van der Waals surface area contributed by atoms with Crippen molar-refractivity contribution in [3.63, 3.8) is 0 Å². The maximum absolute atomic E-state index is 5.68. The number of hydrogen-bond acceptors (Lipinski definition) is 4. The van der Waals surface area contributed by atoms with Crippen LogP contribution in [0.25, 0.3) is 0 Å². The summed E-state index contributed by atoms with van der Waals surface area (Å²) in [4.78, 5) is 2.10. The van der Waals surface area contributed by atoms with Crippen LogP contribution in [0.1, 0.15) is 30.9 Å². The maximum Gasteiger partial charge on any atom is 0.130 e. The number of ether oxygens (including phenoxy) is 1. The predicted octanol–water partition coefficient (Wildman–Crippen LogP) is 2.16. The normalized spacial score (nSPS) is 11.7. The van der Waals surface area contributed by atoms with Crippen LogP contribution in [0.4, 0.5) is 0 Å². The number of nitrogens with zero attached hydrogens (tertiary/aromatic N) is 1. The molecule has 0 amide bonds. The molecule has 1 heterocycles. The molecule has 1 rings (SSSR count). The molecule has 0 bridgehead atoms. The summed E-state index contributed by atoms with van der Waals surface area (Å²) in [5.74, 6) is 1.89. The van der Waals surface area contributed by atoms with E-state index in [2.05, 4.69) is 30.1 Å². The van der Waals surface area contributed by atoms with Gasteiger partial charge in [-0.3, -0.25) is 0 Å². The zero-order valence-corrected chi connectivity index (χ0v) is 12.2. The lowest BCUT2D eigenvalue weighted by molar-refractivity contribution is 0.0921. The van der Waals surface area contributed by atoms with E-state index in [0.29, 0.717) is 12.6 Å². The first kappa shape index (κ1) is 15.2. The van der Waals surface area contributed by atoms with Gasteiger partial charge in [-0.05, 0) is 27.1 Å². The standard InChI is InChI=1S/C14H26N2O2/c1-11(2)15-9-13-8-14(18-12(13)3)10-17-7-6-16(4)5/h8,11,15H,6-7,9-10H2,1-5H3. The van der Waals surface area contributed by atoms with Gasteiger partial charge in [0.1, 0.15) is 18.1 Å². The number of rotatable bonds is 8. The van der Waals surface area contributed by atoms with Gasteiger partial charge >= 0.3 is 0 Å². The molecule has 1 aromatic heterocycles. The van der Waals surface area contributed by atoms with Crippen molar-refractivity contribution in [3.05, 3.63) is 23.2 Å². The van der Waals surface area contributed by atoms with Crippen LogP contribution >= 0.6 is 0 Å². The minimum Gasteiger partial charge on any atom is -0.464 e. The highest BCUT2D eigenvalue weighted by atomic mass is 16.5. The van der Waals surface area contributed by atoms with Gasteiger partial charge in [0, 0.05) is 24.7 Å². The summed E-state index contributed by atoms with van der Waals surface area (Å²) in [6, 6.07) is 2.57. The maximum atomic E-state index is 5.68. The molecule has 0 saturated carbocycles. The SMILES string of the molecule is Cc1oc(COCCN(C)C)cc1CNC(C)C. The van der Waals surface area contributed by atoms with E-state index in [1.807, 2.05) is 21.0 Å². The first-order valence-electron chi connectivity index (χ1n) is 6.53. The molecule has 0 radical (unpaired) electrons. The van der Waals surface area contributed by atoms with Crippen LogP contribution in [-0.4, -0.2) is 38.2 Å². The Morgan fingerprint density at radius 3 is 2.72 bits per heavy atom. The van der Waals surface area contributed by atoms with Gasteiger partial charge in [0.2, 0.25) is 0 Å². The third-order valence-corrected chi connectivity index (χ3v) is 2.70. The van der Waals surface area contributed by atoms with Crippen LogP contribution in [0, 0.1) is 6.92 Å². The molecule has 18 heavy (non-hydrogen) atoms. The fourth-order valence-electron chi connectivity index (χ4n) is 1.57. The Hall–Kier alpha value is -0.840. The van der Waals surface area contributed by atoms with Crippen molar-refractivity contribution in [3.8, 4) is 0 Å². The van der Waals surface area contributed by atoms with Gasteiger partial charge < -0.3 is 19.4 Å². The van der Waals surface area contributed by atoms with Gasteiger partial charge in [0.05, 0.1) is 6.61 Å². The molecule has 0 aliphatic rings. The summed E-state index contributed by atoms with van der Waals surface area (Å²) in [5, 5.41) is 3.39. The molecule has 0 atom stereocenters. The predicted molar refractivity (Wildman–Crippen MR) is 73.6 cm³/mol. The summed E-state index contributed by atoms with van der Waals surface area (Å²) < 4.78 is 11.2. The molecule has 0 spiro atoms. The molecule has 4 nitrogen and oxygen atoms in total. The summed E-state index contributed by atoms with van der Waals surface area (Å²) in [5.41, 5.74) is 1.22. The molecule has 0 saturated heterocycles. The van der Waals surface area contributed by atoms with Crippen LogP contribution in [0.5, 0.6) is 0 Å².